The van der Waals surface area contributed by atoms with E-state index in [0.717, 1.165) is 11.3 Å². The number of nitrogen functional groups attached to an aromatic ring is 1. The average molecular weight is 210 g/mol. The Bertz CT molecular complexity index is 335. The summed E-state index contributed by atoms with van der Waals surface area (Å²) in [7, 11) is 0. The Morgan fingerprint density at radius 3 is 2.47 bits per heavy atom. The summed E-state index contributed by atoms with van der Waals surface area (Å²) < 4.78 is 0. The molecular formula is C11H18N2O2. The van der Waals surface area contributed by atoms with Crippen LogP contribution in [0.3, 0.4) is 0 Å². The molecule has 1 aromatic carbocycles. The molecule has 0 saturated heterocycles. The first kappa shape index (κ1) is 11.8. The highest BCUT2D eigenvalue weighted by molar-refractivity contribution is 5.67. The van der Waals surface area contributed by atoms with E-state index >= 15 is 0 Å². The number of nitrogens with one attached hydrogen (secondary N) is 1. The number of hydrogen-bond acceptors (Lipinski definition) is 4. The van der Waals surface area contributed by atoms with Gasteiger partial charge in [0.25, 0.3) is 0 Å². The number of anilines is 2. The van der Waals surface area contributed by atoms with Crippen LogP contribution in [0.25, 0.3) is 0 Å². The first-order valence-electron chi connectivity index (χ1n) is 4.87. The fourth-order valence-electron chi connectivity index (χ4n) is 1.23. The maximum atomic E-state index is 9.14. The first-order chi connectivity index (χ1) is 7.00. The summed E-state index contributed by atoms with van der Waals surface area (Å²) in [5.41, 5.74) is 7.45. The van der Waals surface area contributed by atoms with Gasteiger partial charge in [-0.1, -0.05) is 6.07 Å². The average Bonchev–Trinajstić information content (AvgIpc) is 2.23. The summed E-state index contributed by atoms with van der Waals surface area (Å²) in [6.07, 6.45) is 0. The van der Waals surface area contributed by atoms with Gasteiger partial charge in [0.2, 0.25) is 0 Å². The number of aryl methyl sites for hydroxylation is 1. The summed E-state index contributed by atoms with van der Waals surface area (Å²) in [6, 6.07) is 5.60. The van der Waals surface area contributed by atoms with Gasteiger partial charge in [0.15, 0.2) is 0 Å². The zero-order valence-corrected chi connectivity index (χ0v) is 9.12. The molecular weight excluding hydrogens is 192 g/mol. The van der Waals surface area contributed by atoms with Crippen LogP contribution in [0, 0.1) is 6.92 Å². The maximum Gasteiger partial charge on any atom is 0.0807 e. The number of nitrogens with two attached hydrogens (primary N) is 1. The monoisotopic (exact) mass is 210 g/mol. The van der Waals surface area contributed by atoms with Crippen LogP contribution in [0.1, 0.15) is 12.5 Å². The molecule has 0 spiro atoms. The van der Waals surface area contributed by atoms with Gasteiger partial charge in [0.1, 0.15) is 0 Å². The van der Waals surface area contributed by atoms with Gasteiger partial charge < -0.3 is 21.3 Å². The van der Waals surface area contributed by atoms with Crippen LogP contribution in [0.15, 0.2) is 18.2 Å². The zero-order valence-electron chi connectivity index (χ0n) is 9.12. The lowest BCUT2D eigenvalue weighted by atomic mass is 10.0. The highest BCUT2D eigenvalue weighted by Gasteiger charge is 2.22. The lowest BCUT2D eigenvalue weighted by molar-refractivity contribution is 0.147. The molecule has 0 atom stereocenters. The van der Waals surface area contributed by atoms with E-state index in [9.17, 15) is 0 Å². The normalized spacial score (nSPS) is 11.5. The van der Waals surface area contributed by atoms with Gasteiger partial charge >= 0.3 is 0 Å². The van der Waals surface area contributed by atoms with Crippen molar-refractivity contribution in [2.24, 2.45) is 0 Å². The van der Waals surface area contributed by atoms with Crippen molar-refractivity contribution in [3.63, 3.8) is 0 Å². The molecule has 0 radical (unpaired) electrons. The van der Waals surface area contributed by atoms with Crippen LogP contribution in [-0.4, -0.2) is 29.0 Å². The molecule has 15 heavy (non-hydrogen) atoms. The summed E-state index contributed by atoms with van der Waals surface area (Å²) >= 11 is 0. The number of benzene rings is 1. The van der Waals surface area contributed by atoms with E-state index < -0.39 is 5.54 Å². The van der Waals surface area contributed by atoms with Crippen molar-refractivity contribution in [2.75, 3.05) is 24.3 Å². The van der Waals surface area contributed by atoms with Crippen LogP contribution in [-0.2, 0) is 0 Å². The molecule has 1 rings (SSSR count). The summed E-state index contributed by atoms with van der Waals surface area (Å²) in [4.78, 5) is 0. The van der Waals surface area contributed by atoms with E-state index in [4.69, 9.17) is 15.9 Å². The largest absolute Gasteiger partial charge is 0.397 e. The van der Waals surface area contributed by atoms with Crippen LogP contribution in [0.2, 0.25) is 0 Å². The molecule has 0 bridgehead atoms. The lowest BCUT2D eigenvalue weighted by Crippen LogP contribution is -2.42. The van der Waals surface area contributed by atoms with Gasteiger partial charge in [-0.25, -0.2) is 0 Å². The number of rotatable bonds is 4. The Morgan fingerprint density at radius 1 is 1.33 bits per heavy atom. The molecule has 0 aliphatic carbocycles. The van der Waals surface area contributed by atoms with E-state index in [1.807, 2.05) is 19.1 Å². The molecule has 4 heteroatoms. The van der Waals surface area contributed by atoms with Gasteiger partial charge in [0.05, 0.1) is 30.1 Å². The highest BCUT2D eigenvalue weighted by Crippen LogP contribution is 2.23. The van der Waals surface area contributed by atoms with Gasteiger partial charge in [-0.05, 0) is 31.5 Å². The molecule has 0 aromatic heterocycles. The topological polar surface area (TPSA) is 78.5 Å². The Labute approximate surface area is 89.7 Å². The molecule has 0 aliphatic rings. The van der Waals surface area contributed by atoms with Gasteiger partial charge in [-0.3, -0.25) is 0 Å². The van der Waals surface area contributed by atoms with Crippen molar-refractivity contribution in [1.29, 1.82) is 0 Å². The SMILES string of the molecule is Cc1ccc(N)c(NC(C)(CO)CO)c1. The molecule has 0 aliphatic heterocycles. The van der Waals surface area contributed by atoms with Crippen molar-refractivity contribution < 1.29 is 10.2 Å². The number of hydrogen-bond donors (Lipinski definition) is 4. The Kier molecular flexibility index (Phi) is 3.55. The number of aliphatic hydroxyl groups excluding tert-OH is 2. The Hall–Kier alpha value is -1.26. The molecule has 0 amide bonds. The van der Waals surface area contributed by atoms with Crippen LogP contribution in [0.5, 0.6) is 0 Å². The Balaban J connectivity index is 2.92. The highest BCUT2D eigenvalue weighted by atomic mass is 16.3. The molecule has 4 nitrogen and oxygen atoms in total. The predicted molar refractivity (Wildman–Crippen MR) is 61.8 cm³/mol. The summed E-state index contributed by atoms with van der Waals surface area (Å²) in [5.74, 6) is 0. The molecule has 0 unspecified atom stereocenters. The van der Waals surface area contributed by atoms with E-state index in [1.54, 1.807) is 13.0 Å². The minimum absolute atomic E-state index is 0.156. The summed E-state index contributed by atoms with van der Waals surface area (Å²) in [5, 5.41) is 21.3. The van der Waals surface area contributed by atoms with Crippen molar-refractivity contribution in [1.82, 2.24) is 0 Å². The molecule has 0 fully saturated rings. The second-order valence-electron chi connectivity index (χ2n) is 4.09. The third-order valence-electron chi connectivity index (χ3n) is 2.34. The quantitative estimate of drug-likeness (QED) is 0.552. The molecule has 0 saturated carbocycles. The van der Waals surface area contributed by atoms with E-state index in [0.29, 0.717) is 5.69 Å². The van der Waals surface area contributed by atoms with Crippen molar-refractivity contribution in [3.05, 3.63) is 23.8 Å². The first-order valence-corrected chi connectivity index (χ1v) is 4.87. The molecule has 5 N–H and O–H groups in total. The van der Waals surface area contributed by atoms with Crippen molar-refractivity contribution in [2.45, 2.75) is 19.4 Å². The van der Waals surface area contributed by atoms with E-state index in [1.165, 1.54) is 0 Å². The third kappa shape index (κ3) is 2.84. The van der Waals surface area contributed by atoms with Gasteiger partial charge in [-0.15, -0.1) is 0 Å². The summed E-state index contributed by atoms with van der Waals surface area (Å²) in [6.45, 7) is 3.38. The third-order valence-corrected chi connectivity index (χ3v) is 2.34. The lowest BCUT2D eigenvalue weighted by Gasteiger charge is -2.28. The van der Waals surface area contributed by atoms with Crippen LogP contribution in [0.4, 0.5) is 11.4 Å². The fraction of sp³-hybridized carbons (Fsp3) is 0.455. The van der Waals surface area contributed by atoms with E-state index in [2.05, 4.69) is 5.32 Å². The van der Waals surface area contributed by atoms with Gasteiger partial charge in [0, 0.05) is 0 Å². The molecule has 1 aromatic rings. The second-order valence-corrected chi connectivity index (χ2v) is 4.09. The Morgan fingerprint density at radius 2 is 1.93 bits per heavy atom. The zero-order chi connectivity index (χ0) is 11.5. The molecule has 84 valence electrons. The van der Waals surface area contributed by atoms with Crippen molar-refractivity contribution >= 4 is 11.4 Å². The minimum Gasteiger partial charge on any atom is -0.397 e. The minimum atomic E-state index is -0.748. The standard InChI is InChI=1S/C11H18N2O2/c1-8-3-4-9(12)10(5-8)13-11(2,6-14)7-15/h3-5,13-15H,6-7,12H2,1-2H3. The van der Waals surface area contributed by atoms with E-state index in [-0.39, 0.29) is 13.2 Å². The van der Waals surface area contributed by atoms with Crippen LogP contribution < -0.4 is 11.1 Å². The second kappa shape index (κ2) is 4.51. The van der Waals surface area contributed by atoms with Crippen LogP contribution >= 0.6 is 0 Å². The fourth-order valence-corrected chi connectivity index (χ4v) is 1.23. The van der Waals surface area contributed by atoms with Gasteiger partial charge in [-0.2, -0.15) is 0 Å². The molecule has 0 heterocycles. The maximum absolute atomic E-state index is 9.14. The predicted octanol–water partition coefficient (Wildman–Crippen LogP) is 0.732. The smallest absolute Gasteiger partial charge is 0.0807 e. The number of aliphatic hydroxyl groups is 2. The van der Waals surface area contributed by atoms with Crippen molar-refractivity contribution in [3.8, 4) is 0 Å².